The molecule has 124 valence electrons. The van der Waals surface area contributed by atoms with Gasteiger partial charge in [0, 0.05) is 25.0 Å². The van der Waals surface area contributed by atoms with Crippen molar-refractivity contribution >= 4 is 41.5 Å². The van der Waals surface area contributed by atoms with E-state index >= 15 is 0 Å². The number of nitrogens with zero attached hydrogens (tertiary/aromatic N) is 2. The fraction of sp³-hybridized carbons (Fsp3) is 0.333. The molecule has 0 radical (unpaired) electrons. The summed E-state index contributed by atoms with van der Waals surface area (Å²) in [5, 5.41) is 6.25. The summed E-state index contributed by atoms with van der Waals surface area (Å²) >= 11 is 5.66. The van der Waals surface area contributed by atoms with Crippen molar-refractivity contribution < 1.29 is 9.13 Å². The fourth-order valence-corrected chi connectivity index (χ4v) is 2.36. The Labute approximate surface area is 145 Å². The summed E-state index contributed by atoms with van der Waals surface area (Å²) < 4.78 is 19.0. The summed E-state index contributed by atoms with van der Waals surface area (Å²) in [5.41, 5.74) is 0.540. The number of ether oxygens (including phenoxy) is 1. The Kier molecular flexibility index (Phi) is 6.38. The molecule has 5 nitrogen and oxygen atoms in total. The first-order valence-electron chi connectivity index (χ1n) is 7.11. The first-order valence-corrected chi connectivity index (χ1v) is 7.49. The van der Waals surface area contributed by atoms with E-state index < -0.39 is 5.82 Å². The second-order valence-electron chi connectivity index (χ2n) is 5.04. The van der Waals surface area contributed by atoms with Gasteiger partial charge >= 0.3 is 0 Å². The van der Waals surface area contributed by atoms with E-state index in [1.165, 1.54) is 12.1 Å². The SMILES string of the molecule is Cl.Fc1cc(Nc2nccc(NCC3CCCO3)n2)ccc1Cl. The van der Waals surface area contributed by atoms with Crippen LogP contribution < -0.4 is 10.6 Å². The zero-order chi connectivity index (χ0) is 15.4. The van der Waals surface area contributed by atoms with Crippen LogP contribution in [0.1, 0.15) is 12.8 Å². The minimum atomic E-state index is -0.487. The molecule has 1 aromatic carbocycles. The summed E-state index contributed by atoms with van der Waals surface area (Å²) in [4.78, 5) is 8.45. The molecule has 0 amide bonds. The molecule has 1 aliphatic rings. The van der Waals surface area contributed by atoms with Crippen LogP contribution >= 0.6 is 24.0 Å². The fourth-order valence-electron chi connectivity index (χ4n) is 2.24. The zero-order valence-corrected chi connectivity index (χ0v) is 13.8. The van der Waals surface area contributed by atoms with Gasteiger partial charge in [-0.05, 0) is 37.1 Å². The Hall–Kier alpha value is -1.63. The molecule has 0 saturated carbocycles. The third-order valence-electron chi connectivity index (χ3n) is 3.37. The Morgan fingerprint density at radius 2 is 2.22 bits per heavy atom. The zero-order valence-electron chi connectivity index (χ0n) is 12.3. The van der Waals surface area contributed by atoms with Crippen LogP contribution in [0, 0.1) is 5.82 Å². The molecule has 0 bridgehead atoms. The number of anilines is 3. The number of rotatable bonds is 5. The molecule has 8 heteroatoms. The average Bonchev–Trinajstić information content (AvgIpc) is 3.03. The molecule has 0 spiro atoms. The predicted molar refractivity (Wildman–Crippen MR) is 91.4 cm³/mol. The highest BCUT2D eigenvalue weighted by Gasteiger charge is 2.15. The van der Waals surface area contributed by atoms with E-state index in [2.05, 4.69) is 20.6 Å². The second-order valence-corrected chi connectivity index (χ2v) is 5.44. The number of hydrogen-bond acceptors (Lipinski definition) is 5. The van der Waals surface area contributed by atoms with Gasteiger partial charge in [-0.3, -0.25) is 0 Å². The van der Waals surface area contributed by atoms with E-state index in [9.17, 15) is 4.39 Å². The van der Waals surface area contributed by atoms with Gasteiger partial charge in [0.2, 0.25) is 5.95 Å². The Balaban J connectivity index is 0.00000192. The lowest BCUT2D eigenvalue weighted by atomic mass is 10.2. The summed E-state index contributed by atoms with van der Waals surface area (Å²) in [6.07, 6.45) is 4.04. The molecule has 1 atom stereocenters. The van der Waals surface area contributed by atoms with Gasteiger partial charge in [-0.15, -0.1) is 12.4 Å². The standard InChI is InChI=1S/C15H16ClFN4O.ClH/c16-12-4-3-10(8-13(12)17)20-15-18-6-5-14(21-15)19-9-11-2-1-7-22-11;/h3-6,8,11H,1-2,7,9H2,(H2,18,19,20,21);1H. The molecule has 2 heterocycles. The van der Waals surface area contributed by atoms with Gasteiger partial charge < -0.3 is 15.4 Å². The molecule has 1 aromatic heterocycles. The van der Waals surface area contributed by atoms with Gasteiger partial charge in [0.15, 0.2) is 0 Å². The summed E-state index contributed by atoms with van der Waals surface area (Å²) in [7, 11) is 0. The minimum absolute atomic E-state index is 0. The van der Waals surface area contributed by atoms with Crippen molar-refractivity contribution in [2.24, 2.45) is 0 Å². The monoisotopic (exact) mass is 358 g/mol. The molecule has 1 unspecified atom stereocenters. The highest BCUT2D eigenvalue weighted by molar-refractivity contribution is 6.30. The van der Waals surface area contributed by atoms with Gasteiger partial charge in [-0.1, -0.05) is 11.6 Å². The quantitative estimate of drug-likeness (QED) is 0.844. The molecule has 2 aromatic rings. The van der Waals surface area contributed by atoms with E-state index in [1.807, 2.05) is 0 Å². The normalized spacial score (nSPS) is 16.7. The van der Waals surface area contributed by atoms with Crippen molar-refractivity contribution in [1.82, 2.24) is 9.97 Å². The number of aromatic nitrogens is 2. The van der Waals surface area contributed by atoms with E-state index in [4.69, 9.17) is 16.3 Å². The maximum Gasteiger partial charge on any atom is 0.229 e. The highest BCUT2D eigenvalue weighted by atomic mass is 35.5. The lowest BCUT2D eigenvalue weighted by Gasteiger charge is -2.12. The number of nitrogens with one attached hydrogen (secondary N) is 2. The van der Waals surface area contributed by atoms with Crippen molar-refractivity contribution in [2.75, 3.05) is 23.8 Å². The van der Waals surface area contributed by atoms with Gasteiger partial charge in [-0.2, -0.15) is 4.98 Å². The van der Waals surface area contributed by atoms with Gasteiger partial charge in [0.05, 0.1) is 11.1 Å². The maximum absolute atomic E-state index is 13.4. The number of halogens is 3. The van der Waals surface area contributed by atoms with Crippen LogP contribution in [-0.4, -0.2) is 29.2 Å². The Bertz CT molecular complexity index is 653. The Morgan fingerprint density at radius 3 is 2.96 bits per heavy atom. The lowest BCUT2D eigenvalue weighted by molar-refractivity contribution is 0.120. The summed E-state index contributed by atoms with van der Waals surface area (Å²) in [6, 6.07) is 6.24. The van der Waals surface area contributed by atoms with Crippen LogP contribution in [0.15, 0.2) is 30.5 Å². The third kappa shape index (κ3) is 4.92. The van der Waals surface area contributed by atoms with Crippen molar-refractivity contribution in [3.8, 4) is 0 Å². The van der Waals surface area contributed by atoms with E-state index in [1.54, 1.807) is 18.3 Å². The van der Waals surface area contributed by atoms with Gasteiger partial charge in [-0.25, -0.2) is 9.37 Å². The van der Waals surface area contributed by atoms with Crippen LogP contribution in [0.25, 0.3) is 0 Å². The Morgan fingerprint density at radius 1 is 1.35 bits per heavy atom. The summed E-state index contributed by atoms with van der Waals surface area (Å²) in [5.74, 6) is 0.598. The van der Waals surface area contributed by atoms with Gasteiger partial charge in [0.25, 0.3) is 0 Å². The smallest absolute Gasteiger partial charge is 0.229 e. The lowest BCUT2D eigenvalue weighted by Crippen LogP contribution is -2.19. The molecule has 1 aliphatic heterocycles. The maximum atomic E-state index is 13.4. The minimum Gasteiger partial charge on any atom is -0.376 e. The summed E-state index contributed by atoms with van der Waals surface area (Å²) in [6.45, 7) is 1.54. The van der Waals surface area contributed by atoms with E-state index in [0.717, 1.165) is 19.4 Å². The second kappa shape index (κ2) is 8.29. The third-order valence-corrected chi connectivity index (χ3v) is 3.67. The number of hydrogen-bond donors (Lipinski definition) is 2. The molecule has 1 fully saturated rings. The van der Waals surface area contributed by atoms with Crippen molar-refractivity contribution in [1.29, 1.82) is 0 Å². The first-order chi connectivity index (χ1) is 10.7. The van der Waals surface area contributed by atoms with Crippen LogP contribution in [0.5, 0.6) is 0 Å². The average molecular weight is 359 g/mol. The van der Waals surface area contributed by atoms with Crippen LogP contribution in [-0.2, 0) is 4.74 Å². The molecule has 3 rings (SSSR count). The molecule has 23 heavy (non-hydrogen) atoms. The van der Waals surface area contributed by atoms with Crippen LogP contribution in [0.3, 0.4) is 0 Å². The van der Waals surface area contributed by atoms with Gasteiger partial charge in [0.1, 0.15) is 11.6 Å². The molecule has 2 N–H and O–H groups in total. The largest absolute Gasteiger partial charge is 0.376 e. The first kappa shape index (κ1) is 17.7. The van der Waals surface area contributed by atoms with Crippen molar-refractivity contribution in [3.05, 3.63) is 41.3 Å². The van der Waals surface area contributed by atoms with Crippen molar-refractivity contribution in [3.63, 3.8) is 0 Å². The molecule has 0 aliphatic carbocycles. The van der Waals surface area contributed by atoms with E-state index in [-0.39, 0.29) is 23.5 Å². The molecule has 1 saturated heterocycles. The predicted octanol–water partition coefficient (Wildman–Crippen LogP) is 4.03. The van der Waals surface area contributed by atoms with Crippen molar-refractivity contribution in [2.45, 2.75) is 18.9 Å². The van der Waals surface area contributed by atoms with Crippen LogP contribution in [0.4, 0.5) is 21.8 Å². The molecular weight excluding hydrogens is 342 g/mol. The number of benzene rings is 1. The molecular formula is C15H17Cl2FN4O. The topological polar surface area (TPSA) is 59.1 Å². The van der Waals surface area contributed by atoms with E-state index in [0.29, 0.717) is 24.0 Å². The van der Waals surface area contributed by atoms with Crippen LogP contribution in [0.2, 0.25) is 5.02 Å². The highest BCUT2D eigenvalue weighted by Crippen LogP contribution is 2.21.